The highest BCUT2D eigenvalue weighted by molar-refractivity contribution is 6.03. The maximum atomic E-state index is 12.8. The van der Waals surface area contributed by atoms with E-state index in [2.05, 4.69) is 5.10 Å². The van der Waals surface area contributed by atoms with Crippen LogP contribution in [0, 0.1) is 0 Å². The Balaban J connectivity index is 2.03. The van der Waals surface area contributed by atoms with E-state index in [1.807, 2.05) is 0 Å². The number of aliphatic hydroxyl groups is 1. The lowest BCUT2D eigenvalue weighted by molar-refractivity contribution is -0.137. The van der Waals surface area contributed by atoms with E-state index in [1.54, 1.807) is 12.1 Å². The molecule has 0 radical (unpaired) electrons. The van der Waals surface area contributed by atoms with Gasteiger partial charge in [-0.1, -0.05) is 30.3 Å². The minimum Gasteiger partial charge on any atom is -0.386 e. The molecule has 0 bridgehead atoms. The number of aromatic nitrogens is 2. The molecule has 1 aromatic heterocycles. The highest BCUT2D eigenvalue weighted by Crippen LogP contribution is 2.31. The van der Waals surface area contributed by atoms with Gasteiger partial charge in [-0.2, -0.15) is 18.3 Å². The maximum Gasteiger partial charge on any atom is 0.416 e. The van der Waals surface area contributed by atoms with Gasteiger partial charge in [0, 0.05) is 5.39 Å². The van der Waals surface area contributed by atoms with Gasteiger partial charge < -0.3 is 10.8 Å². The number of fused-ring (bicyclic) bond motifs is 1. The van der Waals surface area contributed by atoms with Crippen LogP contribution in [0.25, 0.3) is 10.8 Å². The zero-order valence-corrected chi connectivity index (χ0v) is 13.8. The van der Waals surface area contributed by atoms with Gasteiger partial charge in [0.25, 0.3) is 11.5 Å². The van der Waals surface area contributed by atoms with Crippen molar-refractivity contribution in [2.75, 3.05) is 0 Å². The van der Waals surface area contributed by atoms with Crippen molar-refractivity contribution in [1.29, 1.82) is 0 Å². The Morgan fingerprint density at radius 2 is 1.81 bits per heavy atom. The quantitative estimate of drug-likeness (QED) is 0.729. The Labute approximate surface area is 150 Å². The highest BCUT2D eigenvalue weighted by atomic mass is 19.4. The van der Waals surface area contributed by atoms with Crippen molar-refractivity contribution in [1.82, 2.24) is 9.78 Å². The third kappa shape index (κ3) is 3.68. The Hall–Kier alpha value is -3.20. The summed E-state index contributed by atoms with van der Waals surface area (Å²) in [5.74, 6) is -0.867. The van der Waals surface area contributed by atoms with Crippen LogP contribution in [0.3, 0.4) is 0 Å². The first-order valence-corrected chi connectivity index (χ1v) is 7.83. The average molecular weight is 377 g/mol. The Kier molecular flexibility index (Phi) is 4.71. The van der Waals surface area contributed by atoms with Crippen LogP contribution in [0.4, 0.5) is 13.2 Å². The summed E-state index contributed by atoms with van der Waals surface area (Å²) in [6.07, 6.45) is -6.01. The summed E-state index contributed by atoms with van der Waals surface area (Å²) in [5.41, 5.74) is 3.59. The van der Waals surface area contributed by atoms with E-state index in [9.17, 15) is 27.9 Å². The molecule has 27 heavy (non-hydrogen) atoms. The number of carbonyl (C=O) groups is 1. The minimum absolute atomic E-state index is 0.0349. The number of nitrogens with two attached hydrogens (primary N) is 1. The summed E-state index contributed by atoms with van der Waals surface area (Å²) >= 11 is 0. The first-order valence-electron chi connectivity index (χ1n) is 7.83. The van der Waals surface area contributed by atoms with Crippen LogP contribution >= 0.6 is 0 Å². The van der Waals surface area contributed by atoms with Crippen LogP contribution in [0.1, 0.15) is 27.7 Å². The minimum atomic E-state index is -4.56. The topological polar surface area (TPSA) is 98.2 Å². The van der Waals surface area contributed by atoms with Crippen molar-refractivity contribution in [2.45, 2.75) is 18.8 Å². The van der Waals surface area contributed by atoms with Crippen molar-refractivity contribution in [2.24, 2.45) is 5.73 Å². The summed E-state index contributed by atoms with van der Waals surface area (Å²) in [4.78, 5) is 24.2. The number of hydrogen-bond donors (Lipinski definition) is 2. The number of aliphatic hydroxyl groups excluding tert-OH is 1. The van der Waals surface area contributed by atoms with Gasteiger partial charge in [0.15, 0.2) is 5.69 Å². The Morgan fingerprint density at radius 1 is 1.15 bits per heavy atom. The van der Waals surface area contributed by atoms with E-state index in [0.29, 0.717) is 0 Å². The number of alkyl halides is 3. The normalized spacial score (nSPS) is 12.9. The average Bonchev–Trinajstić information content (AvgIpc) is 2.63. The number of primary amides is 1. The molecule has 3 N–H and O–H groups in total. The lowest BCUT2D eigenvalue weighted by Crippen LogP contribution is -2.29. The van der Waals surface area contributed by atoms with Crippen LogP contribution in [0.5, 0.6) is 0 Å². The molecule has 1 unspecified atom stereocenters. The summed E-state index contributed by atoms with van der Waals surface area (Å²) in [6.45, 7) is -0.439. The molecule has 3 aromatic rings. The van der Waals surface area contributed by atoms with Crippen molar-refractivity contribution < 1.29 is 23.1 Å². The zero-order chi connectivity index (χ0) is 19.8. The molecule has 0 fully saturated rings. The Morgan fingerprint density at radius 3 is 2.44 bits per heavy atom. The molecule has 1 heterocycles. The van der Waals surface area contributed by atoms with E-state index in [-0.39, 0.29) is 22.0 Å². The van der Waals surface area contributed by atoms with Crippen molar-refractivity contribution in [3.05, 3.63) is 75.7 Å². The number of halogens is 3. The third-order valence-corrected chi connectivity index (χ3v) is 4.05. The standard InChI is InChI=1S/C18H14F3N3O3/c19-18(20,21)11-5-3-4-10(8-11)14(25)9-24-17(27)13-7-2-1-6-12(13)15(23-24)16(22)26/h1-8,14,25H,9H2,(H2,22,26). The van der Waals surface area contributed by atoms with E-state index in [4.69, 9.17) is 5.73 Å². The summed E-state index contributed by atoms with van der Waals surface area (Å²) in [6, 6.07) is 10.3. The summed E-state index contributed by atoms with van der Waals surface area (Å²) in [7, 11) is 0. The fourth-order valence-corrected chi connectivity index (χ4v) is 2.73. The highest BCUT2D eigenvalue weighted by Gasteiger charge is 2.31. The van der Waals surface area contributed by atoms with Gasteiger partial charge in [-0.3, -0.25) is 9.59 Å². The second-order valence-corrected chi connectivity index (χ2v) is 5.88. The number of carbonyl (C=O) groups excluding carboxylic acids is 1. The van der Waals surface area contributed by atoms with Crippen molar-refractivity contribution >= 4 is 16.7 Å². The molecule has 1 atom stereocenters. The molecule has 0 aliphatic carbocycles. The van der Waals surface area contributed by atoms with Crippen LogP contribution < -0.4 is 11.3 Å². The SMILES string of the molecule is NC(=O)c1nn(CC(O)c2cccc(C(F)(F)F)c2)c(=O)c2ccccc12. The summed E-state index contributed by atoms with van der Waals surface area (Å²) < 4.78 is 39.3. The smallest absolute Gasteiger partial charge is 0.386 e. The van der Waals surface area contributed by atoms with Crippen LogP contribution in [0.15, 0.2) is 53.3 Å². The maximum absolute atomic E-state index is 12.8. The number of amides is 1. The molecule has 3 rings (SSSR count). The first-order chi connectivity index (χ1) is 12.7. The zero-order valence-electron chi connectivity index (χ0n) is 13.8. The molecule has 9 heteroatoms. The van der Waals surface area contributed by atoms with E-state index < -0.39 is 35.9 Å². The predicted octanol–water partition coefficient (Wildman–Crippen LogP) is 2.25. The fourth-order valence-electron chi connectivity index (χ4n) is 2.73. The van der Waals surface area contributed by atoms with Gasteiger partial charge in [-0.15, -0.1) is 0 Å². The van der Waals surface area contributed by atoms with E-state index in [0.717, 1.165) is 22.9 Å². The van der Waals surface area contributed by atoms with Gasteiger partial charge in [0.05, 0.1) is 23.6 Å². The van der Waals surface area contributed by atoms with Gasteiger partial charge in [0.2, 0.25) is 0 Å². The first kappa shape index (κ1) is 18.6. The van der Waals surface area contributed by atoms with E-state index in [1.165, 1.54) is 18.2 Å². The monoisotopic (exact) mass is 377 g/mol. The molecular formula is C18H14F3N3O3. The molecule has 6 nitrogen and oxygen atoms in total. The van der Waals surface area contributed by atoms with Crippen LogP contribution in [-0.4, -0.2) is 20.8 Å². The second kappa shape index (κ2) is 6.84. The molecular weight excluding hydrogens is 363 g/mol. The summed E-state index contributed by atoms with van der Waals surface area (Å²) in [5, 5.41) is 14.6. The molecule has 0 aliphatic heterocycles. The predicted molar refractivity (Wildman–Crippen MR) is 90.9 cm³/mol. The number of hydrogen-bond acceptors (Lipinski definition) is 4. The van der Waals surface area contributed by atoms with Gasteiger partial charge in [-0.05, 0) is 23.8 Å². The van der Waals surface area contributed by atoms with E-state index >= 15 is 0 Å². The molecule has 0 saturated heterocycles. The third-order valence-electron chi connectivity index (χ3n) is 4.05. The fraction of sp³-hybridized carbons (Fsp3) is 0.167. The molecule has 1 amide bonds. The Bertz CT molecular complexity index is 1080. The molecule has 0 aliphatic rings. The lowest BCUT2D eigenvalue weighted by Gasteiger charge is -2.15. The van der Waals surface area contributed by atoms with Gasteiger partial charge in [0.1, 0.15) is 0 Å². The molecule has 2 aromatic carbocycles. The van der Waals surface area contributed by atoms with Gasteiger partial charge >= 0.3 is 6.18 Å². The number of nitrogens with zero attached hydrogens (tertiary/aromatic N) is 2. The second-order valence-electron chi connectivity index (χ2n) is 5.88. The van der Waals surface area contributed by atoms with Crippen LogP contribution in [-0.2, 0) is 12.7 Å². The number of benzene rings is 2. The largest absolute Gasteiger partial charge is 0.416 e. The van der Waals surface area contributed by atoms with Crippen molar-refractivity contribution in [3.63, 3.8) is 0 Å². The van der Waals surface area contributed by atoms with Crippen LogP contribution in [0.2, 0.25) is 0 Å². The number of rotatable bonds is 4. The molecule has 0 saturated carbocycles. The van der Waals surface area contributed by atoms with Gasteiger partial charge in [-0.25, -0.2) is 4.68 Å². The van der Waals surface area contributed by atoms with Crippen molar-refractivity contribution in [3.8, 4) is 0 Å². The molecule has 0 spiro atoms. The molecule has 140 valence electrons. The lowest BCUT2D eigenvalue weighted by atomic mass is 10.1.